The van der Waals surface area contributed by atoms with Crippen molar-refractivity contribution in [3.63, 3.8) is 0 Å². The van der Waals surface area contributed by atoms with E-state index in [0.717, 1.165) is 10.2 Å². The van der Waals surface area contributed by atoms with Crippen molar-refractivity contribution in [1.29, 1.82) is 0 Å². The first kappa shape index (κ1) is 13.7. The number of carbonyl (C=O) groups is 2. The summed E-state index contributed by atoms with van der Waals surface area (Å²) in [6, 6.07) is 7.39. The SMILES string of the molecule is CC(=O)NCCCC(=O)Nc1ccc(Br)cc1. The molecule has 0 spiro atoms. The Hall–Kier alpha value is -1.36. The minimum Gasteiger partial charge on any atom is -0.356 e. The molecule has 1 aromatic carbocycles. The van der Waals surface area contributed by atoms with E-state index in [2.05, 4.69) is 26.6 Å². The van der Waals surface area contributed by atoms with Crippen molar-refractivity contribution in [2.24, 2.45) is 0 Å². The molecule has 0 heterocycles. The summed E-state index contributed by atoms with van der Waals surface area (Å²) >= 11 is 3.32. The Morgan fingerprint density at radius 2 is 1.88 bits per heavy atom. The van der Waals surface area contributed by atoms with Crippen LogP contribution >= 0.6 is 15.9 Å². The zero-order chi connectivity index (χ0) is 12.7. The number of amides is 2. The van der Waals surface area contributed by atoms with Gasteiger partial charge in [0.15, 0.2) is 0 Å². The molecule has 0 aromatic heterocycles. The predicted molar refractivity (Wildman–Crippen MR) is 70.7 cm³/mol. The highest BCUT2D eigenvalue weighted by atomic mass is 79.9. The van der Waals surface area contributed by atoms with Crippen molar-refractivity contribution in [1.82, 2.24) is 5.32 Å². The molecular weight excluding hydrogens is 284 g/mol. The van der Waals surface area contributed by atoms with E-state index < -0.39 is 0 Å². The molecule has 0 aliphatic rings. The van der Waals surface area contributed by atoms with Crippen LogP contribution in [-0.4, -0.2) is 18.4 Å². The number of halogens is 1. The molecule has 5 heteroatoms. The number of carbonyl (C=O) groups excluding carboxylic acids is 2. The maximum Gasteiger partial charge on any atom is 0.224 e. The molecule has 2 amide bonds. The third kappa shape index (κ3) is 6.06. The maximum atomic E-state index is 11.5. The van der Waals surface area contributed by atoms with Crippen molar-refractivity contribution >= 4 is 33.4 Å². The van der Waals surface area contributed by atoms with Gasteiger partial charge in [0, 0.05) is 30.0 Å². The lowest BCUT2D eigenvalue weighted by Crippen LogP contribution is -2.22. The summed E-state index contributed by atoms with van der Waals surface area (Å²) in [6.45, 7) is 1.99. The van der Waals surface area contributed by atoms with Crippen molar-refractivity contribution in [3.05, 3.63) is 28.7 Å². The normalized spacial score (nSPS) is 9.76. The fraction of sp³-hybridized carbons (Fsp3) is 0.333. The van der Waals surface area contributed by atoms with Crippen LogP contribution in [-0.2, 0) is 9.59 Å². The molecule has 0 saturated heterocycles. The van der Waals surface area contributed by atoms with Gasteiger partial charge in [-0.05, 0) is 30.7 Å². The van der Waals surface area contributed by atoms with Crippen LogP contribution < -0.4 is 10.6 Å². The molecule has 17 heavy (non-hydrogen) atoms. The standard InChI is InChI=1S/C12H15BrN2O2/c1-9(16)14-8-2-3-12(17)15-11-6-4-10(13)5-7-11/h4-7H,2-3,8H2,1H3,(H,14,16)(H,15,17). The Kier molecular flexibility index (Phi) is 5.69. The predicted octanol–water partition coefficient (Wildman–Crippen LogP) is 2.30. The minimum absolute atomic E-state index is 0.0438. The third-order valence-electron chi connectivity index (χ3n) is 2.08. The minimum atomic E-state index is -0.0710. The molecule has 0 saturated carbocycles. The first-order valence-electron chi connectivity index (χ1n) is 5.38. The second-order valence-corrected chi connectivity index (χ2v) is 4.56. The van der Waals surface area contributed by atoms with Gasteiger partial charge in [0.1, 0.15) is 0 Å². The average molecular weight is 299 g/mol. The van der Waals surface area contributed by atoms with Crippen LogP contribution in [0.3, 0.4) is 0 Å². The number of hydrogen-bond donors (Lipinski definition) is 2. The third-order valence-corrected chi connectivity index (χ3v) is 2.61. The number of hydrogen-bond acceptors (Lipinski definition) is 2. The largest absolute Gasteiger partial charge is 0.356 e. The van der Waals surface area contributed by atoms with Crippen LogP contribution in [0.1, 0.15) is 19.8 Å². The Labute approximate surface area is 109 Å². The number of nitrogens with one attached hydrogen (secondary N) is 2. The molecular formula is C12H15BrN2O2. The molecule has 2 N–H and O–H groups in total. The zero-order valence-corrected chi connectivity index (χ0v) is 11.2. The lowest BCUT2D eigenvalue weighted by atomic mass is 10.2. The van der Waals surface area contributed by atoms with Crippen LogP contribution in [0.15, 0.2) is 28.7 Å². The highest BCUT2D eigenvalue weighted by molar-refractivity contribution is 9.10. The van der Waals surface area contributed by atoms with Crippen molar-refractivity contribution in [2.45, 2.75) is 19.8 Å². The van der Waals surface area contributed by atoms with Gasteiger partial charge in [-0.25, -0.2) is 0 Å². The smallest absolute Gasteiger partial charge is 0.224 e. The first-order chi connectivity index (χ1) is 8.08. The van der Waals surface area contributed by atoms with Gasteiger partial charge in [0.2, 0.25) is 11.8 Å². The van der Waals surface area contributed by atoms with E-state index >= 15 is 0 Å². The number of rotatable bonds is 5. The van der Waals surface area contributed by atoms with Gasteiger partial charge in [-0.15, -0.1) is 0 Å². The number of benzene rings is 1. The van der Waals surface area contributed by atoms with Gasteiger partial charge >= 0.3 is 0 Å². The van der Waals surface area contributed by atoms with E-state index in [-0.39, 0.29) is 11.8 Å². The van der Waals surface area contributed by atoms with E-state index in [4.69, 9.17) is 0 Å². The highest BCUT2D eigenvalue weighted by Gasteiger charge is 2.02. The van der Waals surface area contributed by atoms with Crippen LogP contribution in [0.4, 0.5) is 5.69 Å². The first-order valence-corrected chi connectivity index (χ1v) is 6.17. The average Bonchev–Trinajstić information content (AvgIpc) is 2.27. The lowest BCUT2D eigenvalue weighted by molar-refractivity contribution is -0.119. The van der Waals surface area contributed by atoms with Crippen molar-refractivity contribution in [3.8, 4) is 0 Å². The highest BCUT2D eigenvalue weighted by Crippen LogP contribution is 2.14. The van der Waals surface area contributed by atoms with Gasteiger partial charge in [-0.2, -0.15) is 0 Å². The molecule has 92 valence electrons. The maximum absolute atomic E-state index is 11.5. The monoisotopic (exact) mass is 298 g/mol. The molecule has 1 aromatic rings. The molecule has 0 fully saturated rings. The van der Waals surface area contributed by atoms with Gasteiger partial charge in [-0.1, -0.05) is 15.9 Å². The van der Waals surface area contributed by atoms with E-state index in [1.807, 2.05) is 24.3 Å². The van der Waals surface area contributed by atoms with Gasteiger partial charge in [0.05, 0.1) is 0 Å². The van der Waals surface area contributed by atoms with E-state index in [1.54, 1.807) is 0 Å². The number of anilines is 1. The zero-order valence-electron chi connectivity index (χ0n) is 9.63. The molecule has 0 aliphatic carbocycles. The van der Waals surface area contributed by atoms with Crippen LogP contribution in [0.25, 0.3) is 0 Å². The van der Waals surface area contributed by atoms with Gasteiger partial charge in [0.25, 0.3) is 0 Å². The van der Waals surface area contributed by atoms with Crippen molar-refractivity contribution in [2.75, 3.05) is 11.9 Å². The van der Waals surface area contributed by atoms with E-state index in [9.17, 15) is 9.59 Å². The molecule has 0 radical (unpaired) electrons. The summed E-state index contributed by atoms with van der Waals surface area (Å²) in [5.74, 6) is -0.115. The molecule has 4 nitrogen and oxygen atoms in total. The Bertz CT molecular complexity index is 390. The summed E-state index contributed by atoms with van der Waals surface area (Å²) in [5, 5.41) is 5.43. The van der Waals surface area contributed by atoms with Crippen LogP contribution in [0.2, 0.25) is 0 Å². The second-order valence-electron chi connectivity index (χ2n) is 3.64. The van der Waals surface area contributed by atoms with Crippen molar-refractivity contribution < 1.29 is 9.59 Å². The topological polar surface area (TPSA) is 58.2 Å². The van der Waals surface area contributed by atoms with E-state index in [1.165, 1.54) is 6.92 Å². The fourth-order valence-corrected chi connectivity index (χ4v) is 1.53. The van der Waals surface area contributed by atoms with Gasteiger partial charge < -0.3 is 10.6 Å². The summed E-state index contributed by atoms with van der Waals surface area (Å²) < 4.78 is 0.973. The van der Waals surface area contributed by atoms with Crippen LogP contribution in [0.5, 0.6) is 0 Å². The molecule has 0 bridgehead atoms. The molecule has 0 unspecified atom stereocenters. The van der Waals surface area contributed by atoms with E-state index in [0.29, 0.717) is 19.4 Å². The Morgan fingerprint density at radius 3 is 2.47 bits per heavy atom. The summed E-state index contributed by atoms with van der Waals surface area (Å²) in [7, 11) is 0. The lowest BCUT2D eigenvalue weighted by Gasteiger charge is -2.05. The fourth-order valence-electron chi connectivity index (χ4n) is 1.27. The second kappa shape index (κ2) is 7.06. The van der Waals surface area contributed by atoms with Gasteiger partial charge in [-0.3, -0.25) is 9.59 Å². The Morgan fingerprint density at radius 1 is 1.24 bits per heavy atom. The van der Waals surface area contributed by atoms with Crippen LogP contribution in [0, 0.1) is 0 Å². The molecule has 1 rings (SSSR count). The summed E-state index contributed by atoms with van der Waals surface area (Å²) in [6.07, 6.45) is 1.04. The summed E-state index contributed by atoms with van der Waals surface area (Å²) in [4.78, 5) is 22.1. The summed E-state index contributed by atoms with van der Waals surface area (Å²) in [5.41, 5.74) is 0.776. The quantitative estimate of drug-likeness (QED) is 0.820. The molecule has 0 aliphatic heterocycles. The Balaban J connectivity index is 2.25. The molecule has 0 atom stereocenters.